The van der Waals surface area contributed by atoms with E-state index in [0.29, 0.717) is 5.84 Å². The van der Waals surface area contributed by atoms with Gasteiger partial charge in [-0.25, -0.2) is 9.98 Å². The van der Waals surface area contributed by atoms with E-state index in [9.17, 15) is 0 Å². The van der Waals surface area contributed by atoms with Gasteiger partial charge in [0.05, 0.1) is 16.7 Å². The summed E-state index contributed by atoms with van der Waals surface area (Å²) in [5, 5.41) is 10.7. The van der Waals surface area contributed by atoms with Crippen molar-refractivity contribution in [1.82, 2.24) is 9.88 Å². The summed E-state index contributed by atoms with van der Waals surface area (Å²) in [6.45, 7) is 0. The van der Waals surface area contributed by atoms with Crippen LogP contribution in [-0.2, 0) is 0 Å². The highest BCUT2D eigenvalue weighted by molar-refractivity contribution is 7.26. The molecule has 5 nitrogen and oxygen atoms in total. The molecule has 0 amide bonds. The third-order valence-corrected chi connectivity index (χ3v) is 12.5. The lowest BCUT2D eigenvalue weighted by molar-refractivity contribution is 0.667. The van der Waals surface area contributed by atoms with Gasteiger partial charge < -0.3 is 14.3 Å². The normalized spacial score (nSPS) is 14.5. The highest BCUT2D eigenvalue weighted by Crippen LogP contribution is 2.46. The number of aromatic nitrogens is 1. The third-order valence-electron chi connectivity index (χ3n) is 11.3. The lowest BCUT2D eigenvalue weighted by atomic mass is 9.97. The van der Waals surface area contributed by atoms with Gasteiger partial charge in [-0.2, -0.15) is 0 Å². The van der Waals surface area contributed by atoms with Gasteiger partial charge in [-0.05, 0) is 41.5 Å². The number of para-hydroxylation sites is 4. The summed E-state index contributed by atoms with van der Waals surface area (Å²) in [6, 6.07) is 64.1. The number of rotatable bonds is 5. The molecule has 0 spiro atoms. The molecule has 1 atom stereocenters. The van der Waals surface area contributed by atoms with Crippen LogP contribution in [-0.4, -0.2) is 16.2 Å². The van der Waals surface area contributed by atoms with Crippen LogP contribution in [0.15, 0.2) is 196 Å². The van der Waals surface area contributed by atoms with Gasteiger partial charge in [-0.3, -0.25) is 0 Å². The average Bonchev–Trinajstić information content (AvgIpc) is 3.97. The molecule has 1 N–H and O–H groups in total. The molecule has 0 saturated carbocycles. The van der Waals surface area contributed by atoms with E-state index in [0.717, 1.165) is 72.3 Å². The maximum atomic E-state index is 7.10. The first kappa shape index (κ1) is 32.0. The molecule has 0 aliphatic carbocycles. The number of nitrogens with zero attached hydrogens (tertiary/aromatic N) is 3. The molecule has 6 heteroatoms. The Hall–Kier alpha value is -7.28. The van der Waals surface area contributed by atoms with Crippen LogP contribution < -0.4 is 5.32 Å². The summed E-state index contributed by atoms with van der Waals surface area (Å²) in [7, 11) is 0. The topological polar surface area (TPSA) is 54.8 Å². The van der Waals surface area contributed by atoms with Crippen LogP contribution in [0.3, 0.4) is 0 Å². The van der Waals surface area contributed by atoms with Crippen molar-refractivity contribution in [2.24, 2.45) is 9.98 Å². The van der Waals surface area contributed by atoms with E-state index >= 15 is 0 Å². The number of hydrogen-bond donors (Lipinski definition) is 1. The summed E-state index contributed by atoms with van der Waals surface area (Å²) in [5.74, 6) is 1.53. The zero-order valence-corrected chi connectivity index (χ0v) is 31.4. The first-order valence-electron chi connectivity index (χ1n) is 19.2. The minimum absolute atomic E-state index is 0.271. The fourth-order valence-electron chi connectivity index (χ4n) is 8.74. The highest BCUT2D eigenvalue weighted by atomic mass is 32.1. The van der Waals surface area contributed by atoms with Crippen LogP contribution in [0, 0.1) is 0 Å². The molecular weight excluding hydrogens is 717 g/mol. The van der Waals surface area contributed by atoms with Crippen LogP contribution in [0.5, 0.6) is 0 Å². The number of furan rings is 1. The second kappa shape index (κ2) is 12.6. The number of hydrogen-bond acceptors (Lipinski definition) is 5. The third kappa shape index (κ3) is 4.94. The van der Waals surface area contributed by atoms with E-state index in [1.165, 1.54) is 30.9 Å². The highest BCUT2D eigenvalue weighted by Gasteiger charge is 2.25. The molecule has 1 aliphatic rings. The molecule has 0 fully saturated rings. The van der Waals surface area contributed by atoms with E-state index in [4.69, 9.17) is 14.4 Å². The van der Waals surface area contributed by atoms with Crippen LogP contribution in [0.25, 0.3) is 80.7 Å². The maximum Gasteiger partial charge on any atom is 0.159 e. The Morgan fingerprint density at radius 3 is 1.88 bits per heavy atom. The number of fused-ring (bicyclic) bond motifs is 9. The van der Waals surface area contributed by atoms with Gasteiger partial charge in [0.1, 0.15) is 17.6 Å². The largest absolute Gasteiger partial charge is 0.453 e. The van der Waals surface area contributed by atoms with Crippen molar-refractivity contribution >= 4 is 86.9 Å². The van der Waals surface area contributed by atoms with Gasteiger partial charge in [0.2, 0.25) is 0 Å². The van der Waals surface area contributed by atoms with Gasteiger partial charge >= 0.3 is 0 Å². The zero-order chi connectivity index (χ0) is 37.5. The Balaban J connectivity index is 1.05. The molecule has 3 aromatic heterocycles. The van der Waals surface area contributed by atoms with E-state index in [2.05, 4.69) is 168 Å². The maximum absolute atomic E-state index is 7.10. The van der Waals surface area contributed by atoms with Crippen LogP contribution in [0.2, 0.25) is 0 Å². The molecule has 0 radical (unpaired) electrons. The number of nitrogens with one attached hydrogen (secondary N) is 1. The fraction of sp³-hybridized carbons (Fsp3) is 0.0196. The Morgan fingerprint density at radius 2 is 1.11 bits per heavy atom. The predicted octanol–water partition coefficient (Wildman–Crippen LogP) is 13.2. The zero-order valence-electron chi connectivity index (χ0n) is 30.6. The molecule has 12 rings (SSSR count). The fourth-order valence-corrected chi connectivity index (χ4v) is 9.99. The van der Waals surface area contributed by atoms with Crippen LogP contribution >= 0.6 is 11.3 Å². The number of aliphatic imine (C=N–C) groups is 2. The van der Waals surface area contributed by atoms with E-state index in [-0.39, 0.29) is 6.17 Å². The van der Waals surface area contributed by atoms with Crippen molar-refractivity contribution in [1.29, 1.82) is 0 Å². The van der Waals surface area contributed by atoms with E-state index in [1.54, 1.807) is 11.3 Å². The standard InChI is InChI=1S/C51H32N4OS/c1-3-15-31(16-4-1)49-52-50(32-17-5-2-6-18-32)54-51(53-49)40-26-12-25-39-45-35(21-14-30-44(45)57-48(39)40)36-22-11-23-37-38-24-13-29-43(47(38)56-46(36)37)55-41-27-9-7-19-33(41)34-20-8-10-28-42(34)55/h1-30,49H,(H,52,53,54). The van der Waals surface area contributed by atoms with Gasteiger partial charge in [0.25, 0.3) is 0 Å². The van der Waals surface area contributed by atoms with Crippen LogP contribution in [0.1, 0.15) is 22.9 Å². The summed E-state index contributed by atoms with van der Waals surface area (Å²) < 4.78 is 11.8. The van der Waals surface area contributed by atoms with E-state index < -0.39 is 0 Å². The summed E-state index contributed by atoms with van der Waals surface area (Å²) in [4.78, 5) is 10.3. The average molecular weight is 749 g/mol. The first-order chi connectivity index (χ1) is 28.3. The predicted molar refractivity (Wildman–Crippen MR) is 238 cm³/mol. The monoisotopic (exact) mass is 748 g/mol. The first-order valence-corrected chi connectivity index (χ1v) is 20.0. The molecular formula is C51H32N4OS. The molecule has 0 saturated heterocycles. The Bertz CT molecular complexity index is 3390. The number of benzene rings is 8. The molecule has 8 aromatic carbocycles. The number of amidine groups is 2. The molecule has 1 aliphatic heterocycles. The minimum Gasteiger partial charge on any atom is -0.453 e. The summed E-state index contributed by atoms with van der Waals surface area (Å²) in [6.07, 6.45) is -0.271. The quantitative estimate of drug-likeness (QED) is 0.191. The lowest BCUT2D eigenvalue weighted by Gasteiger charge is -2.24. The van der Waals surface area contributed by atoms with Gasteiger partial charge in [0.15, 0.2) is 11.4 Å². The van der Waals surface area contributed by atoms with Crippen molar-refractivity contribution in [2.45, 2.75) is 6.17 Å². The van der Waals surface area contributed by atoms with Crippen molar-refractivity contribution in [3.8, 4) is 16.8 Å². The SMILES string of the molecule is c1ccc(C2=NC(c3ccccc3)NC(c3cccc4c3sc3cccc(-c5cccc6c5oc5c(-n7c8ccccc8c8ccccc87)cccc56)c34)=N2)cc1. The molecule has 11 aromatic rings. The van der Waals surface area contributed by atoms with Crippen molar-refractivity contribution in [3.05, 3.63) is 199 Å². The summed E-state index contributed by atoms with van der Waals surface area (Å²) in [5.41, 5.74) is 10.5. The Morgan fingerprint density at radius 1 is 0.509 bits per heavy atom. The molecule has 4 heterocycles. The van der Waals surface area contributed by atoms with Gasteiger partial charge in [0, 0.05) is 58.4 Å². The van der Waals surface area contributed by atoms with E-state index in [1.807, 2.05) is 24.3 Å². The molecule has 57 heavy (non-hydrogen) atoms. The minimum atomic E-state index is -0.271. The number of thiophene rings is 1. The Labute approximate surface area is 331 Å². The molecule has 0 bridgehead atoms. The van der Waals surface area contributed by atoms with Crippen molar-refractivity contribution < 1.29 is 4.42 Å². The van der Waals surface area contributed by atoms with Crippen LogP contribution in [0.4, 0.5) is 0 Å². The lowest BCUT2D eigenvalue weighted by Crippen LogP contribution is -2.33. The van der Waals surface area contributed by atoms with Gasteiger partial charge in [-0.15, -0.1) is 11.3 Å². The molecule has 1 unspecified atom stereocenters. The second-order valence-electron chi connectivity index (χ2n) is 14.5. The molecule has 268 valence electrons. The Kier molecular flexibility index (Phi) is 7.09. The smallest absolute Gasteiger partial charge is 0.159 e. The second-order valence-corrected chi connectivity index (χ2v) is 15.6. The summed E-state index contributed by atoms with van der Waals surface area (Å²) >= 11 is 1.80. The van der Waals surface area contributed by atoms with Crippen molar-refractivity contribution in [3.63, 3.8) is 0 Å². The van der Waals surface area contributed by atoms with Gasteiger partial charge in [-0.1, -0.05) is 152 Å². The van der Waals surface area contributed by atoms with Crippen molar-refractivity contribution in [2.75, 3.05) is 0 Å².